The molecule has 3 aromatic rings. The summed E-state index contributed by atoms with van der Waals surface area (Å²) in [4.78, 5) is 50.5. The van der Waals surface area contributed by atoms with Gasteiger partial charge in [-0.2, -0.15) is 0 Å². The van der Waals surface area contributed by atoms with Crippen LogP contribution < -0.4 is 21.9 Å². The first-order valence-corrected chi connectivity index (χ1v) is 10.1. The molecule has 3 rings (SSSR count). The molecule has 0 aliphatic carbocycles. The fourth-order valence-corrected chi connectivity index (χ4v) is 3.21. The third-order valence-electron chi connectivity index (χ3n) is 4.87. The first-order valence-electron chi connectivity index (χ1n) is 10.1. The molecule has 0 spiro atoms. The fourth-order valence-electron chi connectivity index (χ4n) is 3.21. The lowest BCUT2D eigenvalue weighted by Gasteiger charge is -2.24. The molecule has 0 bridgehead atoms. The molecule has 3 N–H and O–H groups in total. The second-order valence-corrected chi connectivity index (χ2v) is 7.05. The number of carbonyl (C=O) groups excluding carboxylic acids is 1. The van der Waals surface area contributed by atoms with Crippen LogP contribution in [0.15, 0.2) is 40.1 Å². The summed E-state index contributed by atoms with van der Waals surface area (Å²) in [7, 11) is 0. The van der Waals surface area contributed by atoms with Crippen LogP contribution in [0, 0.1) is 0 Å². The lowest BCUT2D eigenvalue weighted by atomic mass is 10.2. The Balaban J connectivity index is 2.10. The van der Waals surface area contributed by atoms with Gasteiger partial charge in [0.2, 0.25) is 0 Å². The number of hydrogen-bond acceptors (Lipinski definition) is 6. The number of hydrogen-bond donors (Lipinski definition) is 2. The van der Waals surface area contributed by atoms with Gasteiger partial charge >= 0.3 is 5.69 Å². The fraction of sp³-hybridized carbons (Fsp3) is 0.381. The maximum Gasteiger partial charge on any atom is 0.330 e. The predicted molar refractivity (Wildman–Crippen MR) is 117 cm³/mol. The van der Waals surface area contributed by atoms with Crippen molar-refractivity contribution in [2.75, 3.05) is 17.2 Å². The molecule has 1 amide bonds. The number of nitrogens with one attached hydrogen (secondary N) is 1. The number of unbranched alkanes of at least 4 members (excludes halogenated alkanes) is 2. The predicted octanol–water partition coefficient (Wildman–Crippen LogP) is 2.31. The van der Waals surface area contributed by atoms with Crippen LogP contribution in [0.5, 0.6) is 0 Å². The van der Waals surface area contributed by atoms with Gasteiger partial charge in [-0.15, -0.1) is 0 Å². The van der Waals surface area contributed by atoms with Gasteiger partial charge in [-0.05, 0) is 25.0 Å². The number of para-hydroxylation sites is 2. The zero-order chi connectivity index (χ0) is 21.7. The van der Waals surface area contributed by atoms with Crippen LogP contribution in [0.2, 0.25) is 0 Å². The summed E-state index contributed by atoms with van der Waals surface area (Å²) in [5.41, 5.74) is 6.27. The number of H-pyrrole nitrogens is 1. The van der Waals surface area contributed by atoms with Gasteiger partial charge in [0.15, 0.2) is 5.69 Å². The third-order valence-corrected chi connectivity index (χ3v) is 4.87. The van der Waals surface area contributed by atoms with Crippen LogP contribution in [-0.4, -0.2) is 32.0 Å². The molecular formula is C21H26N6O3. The molecule has 2 aromatic heterocycles. The maximum absolute atomic E-state index is 13.3. The zero-order valence-electron chi connectivity index (χ0n) is 17.2. The van der Waals surface area contributed by atoms with E-state index in [-0.39, 0.29) is 23.7 Å². The van der Waals surface area contributed by atoms with E-state index in [1.165, 1.54) is 15.7 Å². The molecule has 0 atom stereocenters. The number of aromatic amines is 1. The zero-order valence-corrected chi connectivity index (χ0v) is 17.2. The standard InChI is InChI=1S/C21H26N6O3/c1-3-5-11-26(17-18(22)27(12-6-4-2)21(30)25-19(17)28)20(29)16-13-23-14-9-7-8-10-15(14)24-16/h7-10,13H,3-6,11-12,22H2,1-2H3,(H,25,28,30). The highest BCUT2D eigenvalue weighted by Crippen LogP contribution is 2.20. The Labute approximate surface area is 173 Å². The number of nitrogens with zero attached hydrogens (tertiary/aromatic N) is 4. The number of nitrogen functional groups attached to an aromatic ring is 1. The van der Waals surface area contributed by atoms with Gasteiger partial charge in [0, 0.05) is 13.1 Å². The normalized spacial score (nSPS) is 11.0. The van der Waals surface area contributed by atoms with Crippen LogP contribution >= 0.6 is 0 Å². The van der Waals surface area contributed by atoms with E-state index in [1.54, 1.807) is 12.1 Å². The first kappa shape index (κ1) is 21.2. The van der Waals surface area contributed by atoms with E-state index in [1.807, 2.05) is 26.0 Å². The molecular weight excluding hydrogens is 384 g/mol. The molecule has 2 heterocycles. The van der Waals surface area contributed by atoms with Crippen molar-refractivity contribution in [1.82, 2.24) is 19.5 Å². The van der Waals surface area contributed by atoms with Crippen LogP contribution in [0.4, 0.5) is 11.5 Å². The minimum atomic E-state index is -0.691. The van der Waals surface area contributed by atoms with Gasteiger partial charge in [0.05, 0.1) is 17.2 Å². The second-order valence-electron chi connectivity index (χ2n) is 7.05. The Hall–Kier alpha value is -3.49. The number of aromatic nitrogens is 4. The van der Waals surface area contributed by atoms with E-state index in [9.17, 15) is 14.4 Å². The van der Waals surface area contributed by atoms with E-state index >= 15 is 0 Å². The van der Waals surface area contributed by atoms with Crippen molar-refractivity contribution in [3.63, 3.8) is 0 Å². The quantitative estimate of drug-likeness (QED) is 0.587. The smallest absolute Gasteiger partial charge is 0.330 e. The van der Waals surface area contributed by atoms with Gasteiger partial charge in [0.25, 0.3) is 11.5 Å². The van der Waals surface area contributed by atoms with Crippen molar-refractivity contribution in [3.05, 3.63) is 57.0 Å². The number of nitrogens with two attached hydrogens (primary N) is 1. The average Bonchev–Trinajstić information content (AvgIpc) is 2.75. The minimum Gasteiger partial charge on any atom is -0.383 e. The molecule has 0 unspecified atom stereocenters. The highest BCUT2D eigenvalue weighted by molar-refractivity contribution is 6.06. The Morgan fingerprint density at radius 3 is 2.53 bits per heavy atom. The van der Waals surface area contributed by atoms with Gasteiger partial charge in [0.1, 0.15) is 11.5 Å². The van der Waals surface area contributed by atoms with Gasteiger partial charge in [-0.1, -0.05) is 38.8 Å². The Morgan fingerprint density at radius 1 is 1.13 bits per heavy atom. The van der Waals surface area contributed by atoms with E-state index in [2.05, 4.69) is 15.0 Å². The van der Waals surface area contributed by atoms with E-state index in [4.69, 9.17) is 5.73 Å². The van der Waals surface area contributed by atoms with E-state index in [0.29, 0.717) is 30.4 Å². The monoisotopic (exact) mass is 410 g/mol. The van der Waals surface area contributed by atoms with Crippen LogP contribution in [-0.2, 0) is 6.54 Å². The van der Waals surface area contributed by atoms with Crippen LogP contribution in [0.25, 0.3) is 11.0 Å². The number of amides is 1. The number of rotatable bonds is 8. The van der Waals surface area contributed by atoms with Crippen molar-refractivity contribution in [3.8, 4) is 0 Å². The Bertz CT molecular complexity index is 1170. The largest absolute Gasteiger partial charge is 0.383 e. The topological polar surface area (TPSA) is 127 Å². The molecule has 1 aromatic carbocycles. The Morgan fingerprint density at radius 2 is 1.83 bits per heavy atom. The lowest BCUT2D eigenvalue weighted by molar-refractivity contribution is 0.0981. The molecule has 9 nitrogen and oxygen atoms in total. The SMILES string of the molecule is CCCCN(C(=O)c1cnc2ccccc2n1)c1c(N)n(CCCC)c(=O)[nH]c1=O. The Kier molecular flexibility index (Phi) is 6.61. The highest BCUT2D eigenvalue weighted by atomic mass is 16.2. The molecule has 0 aliphatic heterocycles. The van der Waals surface area contributed by atoms with Crippen molar-refractivity contribution in [2.45, 2.75) is 46.1 Å². The minimum absolute atomic E-state index is 0.0181. The summed E-state index contributed by atoms with van der Waals surface area (Å²) < 4.78 is 1.30. The number of anilines is 2. The van der Waals surface area contributed by atoms with Crippen molar-refractivity contribution in [1.29, 1.82) is 0 Å². The number of carbonyl (C=O) groups is 1. The lowest BCUT2D eigenvalue weighted by Crippen LogP contribution is -2.42. The van der Waals surface area contributed by atoms with Crippen molar-refractivity contribution < 1.29 is 4.79 Å². The summed E-state index contributed by atoms with van der Waals surface area (Å²) in [6, 6.07) is 7.22. The number of fused-ring (bicyclic) bond motifs is 1. The van der Waals surface area contributed by atoms with E-state index < -0.39 is 17.2 Å². The summed E-state index contributed by atoms with van der Waals surface area (Å²) in [5.74, 6) is -0.505. The first-order chi connectivity index (χ1) is 14.5. The molecule has 0 aliphatic rings. The summed E-state index contributed by atoms with van der Waals surface area (Å²) in [6.07, 6.45) is 4.42. The highest BCUT2D eigenvalue weighted by Gasteiger charge is 2.26. The van der Waals surface area contributed by atoms with Crippen LogP contribution in [0.1, 0.15) is 50.0 Å². The second kappa shape index (κ2) is 9.34. The summed E-state index contributed by atoms with van der Waals surface area (Å²) >= 11 is 0. The molecule has 0 radical (unpaired) electrons. The molecule has 0 saturated heterocycles. The molecule has 0 saturated carbocycles. The van der Waals surface area contributed by atoms with Gasteiger partial charge in [-0.25, -0.2) is 9.78 Å². The molecule has 0 fully saturated rings. The van der Waals surface area contributed by atoms with Crippen molar-refractivity contribution in [2.24, 2.45) is 0 Å². The van der Waals surface area contributed by atoms with Gasteiger partial charge in [-0.3, -0.25) is 29.0 Å². The van der Waals surface area contributed by atoms with Crippen LogP contribution in [0.3, 0.4) is 0 Å². The molecule has 9 heteroatoms. The number of benzene rings is 1. The van der Waals surface area contributed by atoms with E-state index in [0.717, 1.165) is 12.8 Å². The summed E-state index contributed by atoms with van der Waals surface area (Å²) in [6.45, 7) is 4.59. The molecule has 30 heavy (non-hydrogen) atoms. The summed E-state index contributed by atoms with van der Waals surface area (Å²) in [5, 5.41) is 0. The maximum atomic E-state index is 13.3. The molecule has 158 valence electrons. The van der Waals surface area contributed by atoms with Gasteiger partial charge < -0.3 is 5.73 Å². The van der Waals surface area contributed by atoms with Crippen molar-refractivity contribution >= 4 is 28.4 Å². The third kappa shape index (κ3) is 4.24. The average molecular weight is 410 g/mol.